The SMILES string of the molecule is COCC(C)(CCC(=O)[NH][Rh])C(C)=O. The van der Waals surface area contributed by atoms with Gasteiger partial charge in [-0.1, -0.05) is 0 Å². The van der Waals surface area contributed by atoms with Gasteiger partial charge in [0.05, 0.1) is 0 Å². The van der Waals surface area contributed by atoms with Crippen molar-refractivity contribution in [2.24, 2.45) is 5.41 Å². The van der Waals surface area contributed by atoms with Crippen molar-refractivity contribution >= 4 is 11.7 Å². The van der Waals surface area contributed by atoms with Gasteiger partial charge in [-0.25, -0.2) is 0 Å². The number of hydrogen-bond donors (Lipinski definition) is 1. The number of ketones is 1. The van der Waals surface area contributed by atoms with Gasteiger partial charge in [-0.05, 0) is 0 Å². The van der Waals surface area contributed by atoms with Crippen LogP contribution in [0.25, 0.3) is 0 Å². The van der Waals surface area contributed by atoms with Crippen molar-refractivity contribution in [3.8, 4) is 0 Å². The zero-order valence-electron chi connectivity index (χ0n) is 8.68. The van der Waals surface area contributed by atoms with E-state index in [-0.39, 0.29) is 11.7 Å². The zero-order valence-corrected chi connectivity index (χ0v) is 10.3. The normalized spacial score (nSPS) is 14.6. The molecule has 4 nitrogen and oxygen atoms in total. The van der Waals surface area contributed by atoms with Crippen LogP contribution in [0.4, 0.5) is 0 Å². The van der Waals surface area contributed by atoms with Gasteiger partial charge in [-0.2, -0.15) is 0 Å². The van der Waals surface area contributed by atoms with Crippen LogP contribution in [0, 0.1) is 5.41 Å². The van der Waals surface area contributed by atoms with Gasteiger partial charge in [0.1, 0.15) is 0 Å². The number of carbonyl (C=O) groups excluding carboxylic acids is 2. The first kappa shape index (κ1) is 13.7. The molecule has 0 saturated heterocycles. The van der Waals surface area contributed by atoms with Gasteiger partial charge in [-0.15, -0.1) is 0 Å². The Bertz CT molecular complexity index is 220. The van der Waals surface area contributed by atoms with E-state index in [0.717, 1.165) is 0 Å². The Labute approximate surface area is 94.7 Å². The van der Waals surface area contributed by atoms with Crippen molar-refractivity contribution in [3.63, 3.8) is 0 Å². The average Bonchev–Trinajstić information content (AvgIpc) is 2.14. The molecule has 84 valence electrons. The second-order valence-corrected chi connectivity index (χ2v) is 3.97. The molecule has 1 N–H and O–H groups in total. The summed E-state index contributed by atoms with van der Waals surface area (Å²) in [6.45, 7) is 3.69. The van der Waals surface area contributed by atoms with Crippen LogP contribution in [-0.2, 0) is 32.9 Å². The standard InChI is InChI=1S/C9H17NO3.Rh/c1-7(11)9(2,6-13-3)5-4-8(10)12;/h4-6H2,1-3H3,(H2,10,12);/q;+1/p-1. The minimum absolute atomic E-state index is 0.0496. The Morgan fingerprint density at radius 2 is 2.07 bits per heavy atom. The summed E-state index contributed by atoms with van der Waals surface area (Å²) in [5.74, 6) is -0.0469. The molecule has 0 rings (SSSR count). The van der Waals surface area contributed by atoms with E-state index in [1.807, 2.05) is 6.92 Å². The van der Waals surface area contributed by atoms with Crippen LogP contribution in [0.3, 0.4) is 0 Å². The second-order valence-electron chi connectivity index (χ2n) is 3.56. The summed E-state index contributed by atoms with van der Waals surface area (Å²) in [6, 6.07) is 0. The monoisotopic (exact) mass is 289 g/mol. The number of carbonyl (C=O) groups is 2. The van der Waals surface area contributed by atoms with Crippen molar-refractivity contribution in [2.75, 3.05) is 13.7 Å². The molecule has 0 saturated carbocycles. The first-order chi connectivity index (χ1) is 6.46. The summed E-state index contributed by atoms with van der Waals surface area (Å²) >= 11 is 2.32. The number of rotatable bonds is 6. The van der Waals surface area contributed by atoms with E-state index in [1.54, 1.807) is 7.11 Å². The Morgan fingerprint density at radius 3 is 2.43 bits per heavy atom. The van der Waals surface area contributed by atoms with Gasteiger partial charge >= 0.3 is 94.4 Å². The zero-order chi connectivity index (χ0) is 11.2. The van der Waals surface area contributed by atoms with E-state index in [9.17, 15) is 9.59 Å². The summed E-state index contributed by atoms with van der Waals surface area (Å²) in [6.07, 6.45) is 0.836. The minimum atomic E-state index is -0.553. The predicted molar refractivity (Wildman–Crippen MR) is 48.0 cm³/mol. The molecular formula is C9H16NO3Rh. The van der Waals surface area contributed by atoms with E-state index in [0.29, 0.717) is 19.4 Å². The number of nitrogens with one attached hydrogen (secondary N) is 1. The number of Topliss-reactive ketones (excluding diaryl/α,β-unsaturated/α-hetero) is 1. The molecular weight excluding hydrogens is 273 g/mol. The van der Waals surface area contributed by atoms with Crippen LogP contribution >= 0.6 is 0 Å². The average molecular weight is 289 g/mol. The van der Waals surface area contributed by atoms with Gasteiger partial charge in [0.15, 0.2) is 0 Å². The summed E-state index contributed by atoms with van der Waals surface area (Å²) in [5, 5.41) is 0. The molecule has 1 atom stereocenters. The van der Waals surface area contributed by atoms with E-state index < -0.39 is 5.41 Å². The van der Waals surface area contributed by atoms with E-state index in [2.05, 4.69) is 22.6 Å². The van der Waals surface area contributed by atoms with Crippen molar-refractivity contribution in [2.45, 2.75) is 26.7 Å². The third kappa shape index (κ3) is 4.29. The predicted octanol–water partition coefficient (Wildman–Crippen LogP) is 0.586. The molecule has 0 aromatic rings. The van der Waals surface area contributed by atoms with E-state index in [1.165, 1.54) is 6.92 Å². The van der Waals surface area contributed by atoms with Gasteiger partial charge in [0, 0.05) is 0 Å². The first-order valence-corrected chi connectivity index (χ1v) is 5.15. The van der Waals surface area contributed by atoms with E-state index >= 15 is 0 Å². The van der Waals surface area contributed by atoms with Crippen LogP contribution in [-0.4, -0.2) is 25.4 Å². The van der Waals surface area contributed by atoms with Crippen molar-refractivity contribution < 1.29 is 32.9 Å². The Hall–Kier alpha value is -0.277. The second kappa shape index (κ2) is 6.25. The molecule has 0 aliphatic rings. The third-order valence-electron chi connectivity index (χ3n) is 2.31. The number of ether oxygens (including phenoxy) is 1. The van der Waals surface area contributed by atoms with Gasteiger partial charge in [-0.3, -0.25) is 0 Å². The van der Waals surface area contributed by atoms with Crippen molar-refractivity contribution in [3.05, 3.63) is 0 Å². The Kier molecular flexibility index (Phi) is 6.13. The Morgan fingerprint density at radius 1 is 1.50 bits per heavy atom. The fourth-order valence-electron chi connectivity index (χ4n) is 1.10. The maximum absolute atomic E-state index is 11.3. The van der Waals surface area contributed by atoms with Gasteiger partial charge in [0.25, 0.3) is 0 Å². The topological polar surface area (TPSA) is 55.4 Å². The van der Waals surface area contributed by atoms with Crippen LogP contribution < -0.4 is 4.06 Å². The van der Waals surface area contributed by atoms with Crippen LogP contribution in [0.5, 0.6) is 0 Å². The number of methoxy groups -OCH3 is 1. The first-order valence-electron chi connectivity index (χ1n) is 4.33. The molecule has 0 aliphatic carbocycles. The van der Waals surface area contributed by atoms with Crippen LogP contribution in [0.1, 0.15) is 26.7 Å². The summed E-state index contributed by atoms with van der Waals surface area (Å²) in [4.78, 5) is 22.3. The number of hydrogen-bond acceptors (Lipinski definition) is 3. The number of amides is 1. The van der Waals surface area contributed by atoms with Gasteiger partial charge < -0.3 is 0 Å². The quantitative estimate of drug-likeness (QED) is 0.728. The van der Waals surface area contributed by atoms with Crippen molar-refractivity contribution in [1.82, 2.24) is 4.06 Å². The van der Waals surface area contributed by atoms with Gasteiger partial charge in [0.2, 0.25) is 0 Å². The molecule has 0 fully saturated rings. The summed E-state index contributed by atoms with van der Waals surface area (Å²) in [7, 11) is 1.55. The van der Waals surface area contributed by atoms with Crippen molar-refractivity contribution in [1.29, 1.82) is 0 Å². The molecule has 1 amide bonds. The fraction of sp³-hybridized carbons (Fsp3) is 0.778. The third-order valence-corrected chi connectivity index (χ3v) is 2.77. The molecule has 0 heterocycles. The van der Waals surface area contributed by atoms with E-state index in [4.69, 9.17) is 4.74 Å². The summed E-state index contributed by atoms with van der Waals surface area (Å²) < 4.78 is 7.39. The maximum atomic E-state index is 11.3. The molecule has 1 unspecified atom stereocenters. The fourth-order valence-corrected chi connectivity index (χ4v) is 1.30. The molecule has 0 radical (unpaired) electrons. The van der Waals surface area contributed by atoms with Crippen LogP contribution in [0.15, 0.2) is 0 Å². The Balaban J connectivity index is 4.23. The molecule has 0 aromatic carbocycles. The molecule has 0 aromatic heterocycles. The van der Waals surface area contributed by atoms with Crippen LogP contribution in [0.2, 0.25) is 0 Å². The summed E-state index contributed by atoms with van der Waals surface area (Å²) in [5.41, 5.74) is -0.553. The molecule has 0 aliphatic heterocycles. The molecule has 5 heteroatoms. The molecule has 0 spiro atoms. The molecule has 0 bridgehead atoms. The molecule has 14 heavy (non-hydrogen) atoms.